The zero-order valence-corrected chi connectivity index (χ0v) is 11.0. The Morgan fingerprint density at radius 3 is 2.84 bits per heavy atom. The molecule has 2 aromatic rings. The van der Waals surface area contributed by atoms with Crippen LogP contribution in [0.3, 0.4) is 0 Å². The third-order valence-corrected chi connectivity index (χ3v) is 3.48. The van der Waals surface area contributed by atoms with E-state index in [0.29, 0.717) is 5.95 Å². The summed E-state index contributed by atoms with van der Waals surface area (Å²) in [6.45, 7) is 3.95. The lowest BCUT2D eigenvalue weighted by Crippen LogP contribution is -2.34. The summed E-state index contributed by atoms with van der Waals surface area (Å²) in [5, 5.41) is 4.33. The van der Waals surface area contributed by atoms with E-state index in [0.717, 1.165) is 48.3 Å². The molecule has 2 heterocycles. The van der Waals surface area contributed by atoms with Crippen molar-refractivity contribution in [3.8, 4) is 5.75 Å². The number of para-hydroxylation sites is 1. The SMILES string of the molecule is Cc1nc(N)nc2c(OC3CCNCC3)cccc12. The maximum atomic E-state index is 6.09. The highest BCUT2D eigenvalue weighted by atomic mass is 16.5. The topological polar surface area (TPSA) is 73.1 Å². The van der Waals surface area contributed by atoms with E-state index in [9.17, 15) is 0 Å². The smallest absolute Gasteiger partial charge is 0.220 e. The summed E-state index contributed by atoms with van der Waals surface area (Å²) < 4.78 is 6.09. The third-order valence-electron chi connectivity index (χ3n) is 3.48. The second-order valence-corrected chi connectivity index (χ2v) is 4.89. The molecule has 1 saturated heterocycles. The van der Waals surface area contributed by atoms with Crippen LogP contribution in [0, 0.1) is 6.92 Å². The van der Waals surface area contributed by atoms with E-state index in [1.165, 1.54) is 0 Å². The van der Waals surface area contributed by atoms with Crippen LogP contribution in [0.1, 0.15) is 18.5 Å². The number of hydrogen-bond acceptors (Lipinski definition) is 5. The lowest BCUT2D eigenvalue weighted by Gasteiger charge is -2.24. The first kappa shape index (κ1) is 12.2. The summed E-state index contributed by atoms with van der Waals surface area (Å²) in [5.41, 5.74) is 7.44. The van der Waals surface area contributed by atoms with Gasteiger partial charge in [-0.05, 0) is 38.9 Å². The Balaban J connectivity index is 1.98. The standard InChI is InChI=1S/C14H18N4O/c1-9-11-3-2-4-12(13(11)18-14(15)17-9)19-10-5-7-16-8-6-10/h2-4,10,16H,5-8H2,1H3,(H2,15,17,18). The van der Waals surface area contributed by atoms with E-state index < -0.39 is 0 Å². The molecule has 0 unspecified atom stereocenters. The molecule has 0 aliphatic carbocycles. The summed E-state index contributed by atoms with van der Waals surface area (Å²) in [6.07, 6.45) is 2.30. The van der Waals surface area contributed by atoms with Crippen molar-refractivity contribution in [1.82, 2.24) is 15.3 Å². The molecular formula is C14H18N4O. The van der Waals surface area contributed by atoms with Crippen molar-refractivity contribution in [3.05, 3.63) is 23.9 Å². The Bertz CT molecular complexity index is 593. The molecule has 5 nitrogen and oxygen atoms in total. The van der Waals surface area contributed by atoms with Crippen LogP contribution in [-0.2, 0) is 0 Å². The van der Waals surface area contributed by atoms with Gasteiger partial charge in [0.05, 0.1) is 5.69 Å². The lowest BCUT2D eigenvalue weighted by atomic mass is 10.1. The van der Waals surface area contributed by atoms with Gasteiger partial charge < -0.3 is 15.8 Å². The zero-order chi connectivity index (χ0) is 13.2. The van der Waals surface area contributed by atoms with Gasteiger partial charge >= 0.3 is 0 Å². The van der Waals surface area contributed by atoms with Crippen LogP contribution < -0.4 is 15.8 Å². The van der Waals surface area contributed by atoms with Crippen molar-refractivity contribution in [1.29, 1.82) is 0 Å². The molecule has 5 heteroatoms. The Morgan fingerprint density at radius 1 is 1.26 bits per heavy atom. The van der Waals surface area contributed by atoms with Crippen molar-refractivity contribution in [2.45, 2.75) is 25.9 Å². The largest absolute Gasteiger partial charge is 0.488 e. The molecule has 1 aliphatic heterocycles. The highest BCUT2D eigenvalue weighted by Crippen LogP contribution is 2.27. The van der Waals surface area contributed by atoms with Gasteiger partial charge in [0.2, 0.25) is 5.95 Å². The van der Waals surface area contributed by atoms with Gasteiger partial charge in [0.15, 0.2) is 0 Å². The van der Waals surface area contributed by atoms with Crippen LogP contribution in [0.4, 0.5) is 5.95 Å². The number of nitrogens with zero attached hydrogens (tertiary/aromatic N) is 2. The maximum Gasteiger partial charge on any atom is 0.220 e. The molecule has 3 N–H and O–H groups in total. The molecule has 0 saturated carbocycles. The average molecular weight is 258 g/mol. The van der Waals surface area contributed by atoms with Crippen molar-refractivity contribution < 1.29 is 4.74 Å². The van der Waals surface area contributed by atoms with Gasteiger partial charge in [0, 0.05) is 5.39 Å². The molecule has 0 atom stereocenters. The van der Waals surface area contributed by atoms with Crippen LogP contribution >= 0.6 is 0 Å². The Kier molecular flexibility index (Phi) is 3.21. The minimum absolute atomic E-state index is 0.253. The van der Waals surface area contributed by atoms with Crippen LogP contribution in [0.5, 0.6) is 5.75 Å². The fourth-order valence-electron chi connectivity index (χ4n) is 2.49. The van der Waals surface area contributed by atoms with Crippen molar-refractivity contribution in [2.75, 3.05) is 18.8 Å². The number of rotatable bonds is 2. The van der Waals surface area contributed by atoms with E-state index in [1.54, 1.807) is 0 Å². The molecular weight excluding hydrogens is 240 g/mol. The Morgan fingerprint density at radius 2 is 2.05 bits per heavy atom. The molecule has 1 aromatic carbocycles. The fourth-order valence-corrected chi connectivity index (χ4v) is 2.49. The van der Waals surface area contributed by atoms with E-state index in [-0.39, 0.29) is 6.10 Å². The molecule has 0 radical (unpaired) electrons. The van der Waals surface area contributed by atoms with E-state index in [2.05, 4.69) is 15.3 Å². The summed E-state index contributed by atoms with van der Waals surface area (Å²) >= 11 is 0. The summed E-state index contributed by atoms with van der Waals surface area (Å²) in [6, 6.07) is 5.93. The normalized spacial score (nSPS) is 16.7. The molecule has 0 bridgehead atoms. The minimum Gasteiger partial charge on any atom is -0.488 e. The zero-order valence-electron chi connectivity index (χ0n) is 11.0. The molecule has 100 valence electrons. The quantitative estimate of drug-likeness (QED) is 0.857. The lowest BCUT2D eigenvalue weighted by molar-refractivity contribution is 0.164. The highest BCUT2D eigenvalue weighted by molar-refractivity contribution is 5.87. The average Bonchev–Trinajstić information content (AvgIpc) is 2.41. The number of ether oxygens (including phenoxy) is 1. The van der Waals surface area contributed by atoms with Gasteiger partial charge in [-0.25, -0.2) is 9.97 Å². The minimum atomic E-state index is 0.253. The third kappa shape index (κ3) is 2.46. The van der Waals surface area contributed by atoms with Gasteiger partial charge in [0.25, 0.3) is 0 Å². The summed E-state index contributed by atoms with van der Waals surface area (Å²) in [4.78, 5) is 8.52. The number of aryl methyl sites for hydroxylation is 1. The van der Waals surface area contributed by atoms with Gasteiger partial charge in [-0.15, -0.1) is 0 Å². The van der Waals surface area contributed by atoms with Crippen LogP contribution in [-0.4, -0.2) is 29.2 Å². The van der Waals surface area contributed by atoms with Gasteiger partial charge in [-0.2, -0.15) is 0 Å². The first-order valence-electron chi connectivity index (χ1n) is 6.64. The van der Waals surface area contributed by atoms with Crippen LogP contribution in [0.25, 0.3) is 10.9 Å². The predicted octanol–water partition coefficient (Wildman–Crippen LogP) is 1.65. The van der Waals surface area contributed by atoms with Gasteiger partial charge in [0.1, 0.15) is 17.4 Å². The number of nitrogen functional groups attached to an aromatic ring is 1. The summed E-state index contributed by atoms with van der Waals surface area (Å²) in [5.74, 6) is 1.10. The maximum absolute atomic E-state index is 6.09. The number of nitrogens with one attached hydrogen (secondary N) is 1. The second kappa shape index (κ2) is 5.01. The Hall–Kier alpha value is -1.88. The van der Waals surface area contributed by atoms with E-state index in [1.807, 2.05) is 25.1 Å². The number of hydrogen-bond donors (Lipinski definition) is 2. The number of piperidine rings is 1. The predicted molar refractivity (Wildman–Crippen MR) is 75.2 cm³/mol. The Labute approximate surface area is 112 Å². The number of fused-ring (bicyclic) bond motifs is 1. The first-order valence-corrected chi connectivity index (χ1v) is 6.64. The monoisotopic (exact) mass is 258 g/mol. The van der Waals surface area contributed by atoms with Crippen LogP contribution in [0.2, 0.25) is 0 Å². The fraction of sp³-hybridized carbons (Fsp3) is 0.429. The summed E-state index contributed by atoms with van der Waals surface area (Å²) in [7, 11) is 0. The number of nitrogens with two attached hydrogens (primary N) is 1. The molecule has 3 rings (SSSR count). The van der Waals surface area contributed by atoms with Crippen LogP contribution in [0.15, 0.2) is 18.2 Å². The van der Waals surface area contributed by atoms with Gasteiger partial charge in [-0.3, -0.25) is 0 Å². The van der Waals surface area contributed by atoms with Crippen molar-refractivity contribution in [3.63, 3.8) is 0 Å². The molecule has 1 aromatic heterocycles. The molecule has 1 aliphatic rings. The van der Waals surface area contributed by atoms with E-state index >= 15 is 0 Å². The molecule has 0 amide bonds. The molecule has 0 spiro atoms. The highest BCUT2D eigenvalue weighted by Gasteiger charge is 2.16. The molecule has 1 fully saturated rings. The number of benzene rings is 1. The van der Waals surface area contributed by atoms with Gasteiger partial charge in [-0.1, -0.05) is 12.1 Å². The van der Waals surface area contributed by atoms with Crippen molar-refractivity contribution >= 4 is 16.9 Å². The van der Waals surface area contributed by atoms with E-state index in [4.69, 9.17) is 10.5 Å². The molecule has 19 heavy (non-hydrogen) atoms. The number of anilines is 1. The second-order valence-electron chi connectivity index (χ2n) is 4.89. The van der Waals surface area contributed by atoms with Crippen molar-refractivity contribution in [2.24, 2.45) is 0 Å². The first-order chi connectivity index (χ1) is 9.24. The number of aromatic nitrogens is 2.